The zero-order valence-electron chi connectivity index (χ0n) is 13.4. The van der Waals surface area contributed by atoms with Crippen LogP contribution in [0.25, 0.3) is 0 Å². The Bertz CT molecular complexity index is 314. The van der Waals surface area contributed by atoms with Gasteiger partial charge >= 0.3 is 7.82 Å². The summed E-state index contributed by atoms with van der Waals surface area (Å²) in [7, 11) is -2.33. The summed E-state index contributed by atoms with van der Waals surface area (Å²) in [5.74, 6) is 0.0968. The van der Waals surface area contributed by atoms with E-state index in [0.717, 1.165) is 25.7 Å². The van der Waals surface area contributed by atoms with Crippen LogP contribution in [0.1, 0.15) is 46.5 Å². The van der Waals surface area contributed by atoms with Crippen LogP contribution in [0.2, 0.25) is 0 Å². The predicted octanol–water partition coefficient (Wildman–Crippen LogP) is 3.06. The van der Waals surface area contributed by atoms with E-state index in [-0.39, 0.29) is 25.0 Å². The minimum absolute atomic E-state index is 0.0203. The van der Waals surface area contributed by atoms with E-state index in [1.54, 1.807) is 6.92 Å². The zero-order valence-corrected chi connectivity index (χ0v) is 14.3. The molecule has 1 unspecified atom stereocenters. The van der Waals surface area contributed by atoms with Crippen LogP contribution in [-0.2, 0) is 28.0 Å². The largest absolute Gasteiger partial charge is 0.502 e. The summed E-state index contributed by atoms with van der Waals surface area (Å²) in [5.41, 5.74) is 0. The van der Waals surface area contributed by atoms with Crippen molar-refractivity contribution in [1.29, 1.82) is 0 Å². The minimum Gasteiger partial charge on any atom is -0.356 e. The number of amides is 1. The fourth-order valence-electron chi connectivity index (χ4n) is 1.50. The first-order valence-corrected chi connectivity index (χ1v) is 8.80. The number of carbonyl (C=O) groups excluding carboxylic acids is 1. The Morgan fingerprint density at radius 2 is 1.81 bits per heavy atom. The fraction of sp³-hybridized carbons (Fsp3) is 0.923. The Balaban J connectivity index is 3.58. The Labute approximate surface area is 127 Å². The van der Waals surface area contributed by atoms with Gasteiger partial charge in [0.2, 0.25) is 5.91 Å². The summed E-state index contributed by atoms with van der Waals surface area (Å²) in [6, 6.07) is 0. The van der Waals surface area contributed by atoms with Gasteiger partial charge in [-0.05, 0) is 19.8 Å². The van der Waals surface area contributed by atoms with Gasteiger partial charge in [-0.3, -0.25) is 13.8 Å². The summed E-state index contributed by atoms with van der Waals surface area (Å²) in [6.45, 7) is 6.61. The van der Waals surface area contributed by atoms with Crippen molar-refractivity contribution < 1.29 is 28.0 Å². The molecule has 0 aliphatic carbocycles. The van der Waals surface area contributed by atoms with Gasteiger partial charge < -0.3 is 5.32 Å². The molecule has 0 radical (unpaired) electrons. The summed E-state index contributed by atoms with van der Waals surface area (Å²) >= 11 is 0. The molecule has 21 heavy (non-hydrogen) atoms. The number of unbranched alkanes of at least 4 members (excludes halogenated alkanes) is 3. The number of nitrogens with one attached hydrogen (secondary N) is 1. The monoisotopic (exact) mass is 325 g/mol. The lowest BCUT2D eigenvalue weighted by Gasteiger charge is -2.14. The quantitative estimate of drug-likeness (QED) is 0.242. The number of hydrogen-bond acceptors (Lipinski definition) is 6. The highest BCUT2D eigenvalue weighted by atomic mass is 31.2. The highest BCUT2D eigenvalue weighted by Gasteiger charge is 2.26. The maximum Gasteiger partial charge on any atom is 0.502 e. The van der Waals surface area contributed by atoms with Crippen LogP contribution in [0, 0.1) is 5.92 Å². The molecule has 0 rings (SSSR count). The van der Waals surface area contributed by atoms with Crippen LogP contribution in [0.15, 0.2) is 0 Å². The van der Waals surface area contributed by atoms with Crippen LogP contribution >= 0.6 is 7.82 Å². The summed E-state index contributed by atoms with van der Waals surface area (Å²) in [4.78, 5) is 15.7. The Hall–Kier alpha value is -0.460. The molecule has 0 saturated carbocycles. The summed E-state index contributed by atoms with van der Waals surface area (Å²) in [5, 5.41) is 2.86. The van der Waals surface area contributed by atoms with Gasteiger partial charge in [0.1, 0.15) is 0 Å². The summed E-state index contributed by atoms with van der Waals surface area (Å²) in [6.07, 6.45) is 3.53. The smallest absolute Gasteiger partial charge is 0.356 e. The molecule has 1 N–H and O–H groups in total. The van der Waals surface area contributed by atoms with Gasteiger partial charge in [-0.2, -0.15) is 0 Å². The van der Waals surface area contributed by atoms with Crippen LogP contribution in [0.5, 0.6) is 0 Å². The van der Waals surface area contributed by atoms with Crippen molar-refractivity contribution in [2.75, 3.05) is 26.9 Å². The van der Waals surface area contributed by atoms with Gasteiger partial charge in [0.15, 0.2) is 0 Å². The first-order chi connectivity index (χ1) is 9.95. The maximum atomic E-state index is 11.8. The predicted molar refractivity (Wildman–Crippen MR) is 79.6 cm³/mol. The molecule has 0 bridgehead atoms. The molecule has 7 nitrogen and oxygen atoms in total. The van der Waals surface area contributed by atoms with E-state index < -0.39 is 7.82 Å². The lowest BCUT2D eigenvalue weighted by Crippen LogP contribution is -2.28. The van der Waals surface area contributed by atoms with Gasteiger partial charge in [-0.15, -0.1) is 4.67 Å². The molecule has 8 heteroatoms. The third kappa shape index (κ3) is 10.8. The van der Waals surface area contributed by atoms with Crippen molar-refractivity contribution in [3.63, 3.8) is 0 Å². The lowest BCUT2D eigenvalue weighted by molar-refractivity contribution is -0.201. The van der Waals surface area contributed by atoms with E-state index in [1.165, 1.54) is 7.11 Å². The van der Waals surface area contributed by atoms with Crippen LogP contribution in [0.4, 0.5) is 0 Å². The van der Waals surface area contributed by atoms with E-state index in [0.29, 0.717) is 6.54 Å². The average Bonchev–Trinajstić information content (AvgIpc) is 2.41. The molecule has 0 heterocycles. The van der Waals surface area contributed by atoms with Crippen molar-refractivity contribution in [2.24, 2.45) is 5.92 Å². The number of hydrogen-bond donors (Lipinski definition) is 1. The van der Waals surface area contributed by atoms with Crippen LogP contribution in [-0.4, -0.2) is 32.8 Å². The topological polar surface area (TPSA) is 83.1 Å². The molecule has 0 fully saturated rings. The lowest BCUT2D eigenvalue weighted by atomic mass is 10.2. The van der Waals surface area contributed by atoms with Crippen molar-refractivity contribution in [3.8, 4) is 0 Å². The van der Waals surface area contributed by atoms with E-state index in [2.05, 4.69) is 14.9 Å². The van der Waals surface area contributed by atoms with Gasteiger partial charge in [-0.25, -0.2) is 9.45 Å². The van der Waals surface area contributed by atoms with E-state index in [9.17, 15) is 9.36 Å². The van der Waals surface area contributed by atoms with Crippen molar-refractivity contribution in [1.82, 2.24) is 5.32 Å². The van der Waals surface area contributed by atoms with Gasteiger partial charge in [0.05, 0.1) is 20.3 Å². The Kier molecular flexibility index (Phi) is 11.9. The molecule has 0 spiro atoms. The molecule has 126 valence electrons. The van der Waals surface area contributed by atoms with Gasteiger partial charge in [0.25, 0.3) is 0 Å². The molecule has 1 amide bonds. The zero-order chi connectivity index (χ0) is 16.1. The highest BCUT2D eigenvalue weighted by Crippen LogP contribution is 2.49. The molecule has 0 aliphatic heterocycles. The third-order valence-electron chi connectivity index (χ3n) is 2.60. The SMILES string of the molecule is CCOP(=O)(OCCCCCCNC(=O)C(C)C)OOC. The van der Waals surface area contributed by atoms with Crippen molar-refractivity contribution in [3.05, 3.63) is 0 Å². The number of phosphoric ester groups is 1. The minimum atomic E-state index is -3.58. The molecular weight excluding hydrogens is 297 g/mol. The first-order valence-electron chi connectivity index (χ1n) is 7.34. The molecule has 1 atom stereocenters. The number of rotatable bonds is 13. The molecule has 0 aromatic rings. The van der Waals surface area contributed by atoms with Crippen molar-refractivity contribution >= 4 is 13.7 Å². The first kappa shape index (κ1) is 20.5. The second-order valence-electron chi connectivity index (χ2n) is 4.80. The van der Waals surface area contributed by atoms with E-state index >= 15 is 0 Å². The second-order valence-corrected chi connectivity index (χ2v) is 6.36. The summed E-state index contributed by atoms with van der Waals surface area (Å²) < 4.78 is 26.4. The molecule has 0 aromatic heterocycles. The molecule has 0 saturated heterocycles. The van der Waals surface area contributed by atoms with Gasteiger partial charge in [-0.1, -0.05) is 26.7 Å². The standard InChI is InChI=1S/C13H28NO6P/c1-5-18-21(16,20-17-4)19-11-9-7-6-8-10-14-13(15)12(2)3/h12H,5-11H2,1-4H3,(H,14,15). The highest BCUT2D eigenvalue weighted by molar-refractivity contribution is 7.48. The van der Waals surface area contributed by atoms with Crippen LogP contribution in [0.3, 0.4) is 0 Å². The van der Waals surface area contributed by atoms with E-state index in [4.69, 9.17) is 9.05 Å². The van der Waals surface area contributed by atoms with E-state index in [1.807, 2.05) is 13.8 Å². The van der Waals surface area contributed by atoms with Crippen molar-refractivity contribution in [2.45, 2.75) is 46.5 Å². The molecule has 0 aliphatic rings. The van der Waals surface area contributed by atoms with Crippen LogP contribution < -0.4 is 5.32 Å². The molecular formula is C13H28NO6P. The average molecular weight is 325 g/mol. The molecule has 0 aromatic carbocycles. The Morgan fingerprint density at radius 1 is 1.14 bits per heavy atom. The fourth-order valence-corrected chi connectivity index (χ4v) is 2.51. The Morgan fingerprint density at radius 3 is 2.38 bits per heavy atom. The second kappa shape index (κ2) is 12.1. The normalized spacial score (nSPS) is 14.1. The number of phosphoric acid groups is 1. The third-order valence-corrected chi connectivity index (χ3v) is 4.00. The van der Waals surface area contributed by atoms with Gasteiger partial charge in [0, 0.05) is 12.5 Å². The number of carbonyl (C=O) groups is 1. The maximum absolute atomic E-state index is 11.8.